The average Bonchev–Trinajstić information content (AvgIpc) is 2.95. The lowest BCUT2D eigenvalue weighted by Crippen LogP contribution is -2.36. The van der Waals surface area contributed by atoms with E-state index >= 15 is 0 Å². The van der Waals surface area contributed by atoms with E-state index < -0.39 is 66.7 Å². The van der Waals surface area contributed by atoms with Crippen LogP contribution in [-0.4, -0.2) is 23.7 Å². The Morgan fingerprint density at radius 1 is 1.14 bits per heavy atom. The third-order valence-corrected chi connectivity index (χ3v) is 6.04. The SMILES string of the molecule is [2H]C([2H])(O/N=C(\C)c1ccc(CN2CCC2)c(CC)c1)c1ccc(C2([2H])C([2H])([2H])C([2H])([2H])C([2H])(C)C([2H])([2H])C2([2H])[2H])c(C(F)(F)F)c1. The Kier molecular flexibility index (Phi) is 4.59. The highest BCUT2D eigenvalue weighted by molar-refractivity contribution is 5.98. The maximum absolute atomic E-state index is 14.6. The lowest BCUT2D eigenvalue weighted by molar-refractivity contribution is -0.138. The molecule has 4 rings (SSSR count). The molecule has 1 saturated carbocycles. The molecule has 1 saturated heterocycles. The second-order valence-corrected chi connectivity index (χ2v) is 8.59. The summed E-state index contributed by atoms with van der Waals surface area (Å²) < 4.78 is 145. The van der Waals surface area contributed by atoms with Crippen molar-refractivity contribution in [2.45, 2.75) is 84.3 Å². The zero-order chi connectivity index (χ0) is 35.8. The molecule has 1 aliphatic heterocycles. The topological polar surface area (TPSA) is 24.8 Å². The predicted octanol–water partition coefficient (Wildman–Crippen LogP) is 7.71. The minimum Gasteiger partial charge on any atom is -0.391 e. The first-order chi connectivity index (χ1) is 21.2. The van der Waals surface area contributed by atoms with Gasteiger partial charge in [-0.2, -0.15) is 13.2 Å². The molecule has 2 fully saturated rings. The van der Waals surface area contributed by atoms with Crippen LogP contribution in [0.15, 0.2) is 41.6 Å². The molecule has 1 heterocycles. The van der Waals surface area contributed by atoms with Gasteiger partial charge in [0.1, 0.15) is 6.56 Å². The van der Waals surface area contributed by atoms with Crippen LogP contribution >= 0.6 is 0 Å². The third kappa shape index (κ3) is 6.46. The molecular formula is C29H37F3N2O. The smallest absolute Gasteiger partial charge is 0.391 e. The molecule has 0 aromatic heterocycles. The fourth-order valence-electron chi connectivity index (χ4n) is 3.88. The van der Waals surface area contributed by atoms with Crippen LogP contribution in [0.4, 0.5) is 13.2 Å². The van der Waals surface area contributed by atoms with Gasteiger partial charge in [0.05, 0.1) is 14.0 Å². The van der Waals surface area contributed by atoms with Crippen molar-refractivity contribution in [2.75, 3.05) is 13.1 Å². The average molecular weight is 499 g/mol. The summed E-state index contributed by atoms with van der Waals surface area (Å²) in [5, 5.41) is 3.83. The van der Waals surface area contributed by atoms with Crippen molar-refractivity contribution in [3.05, 3.63) is 69.8 Å². The van der Waals surface area contributed by atoms with E-state index in [-0.39, 0.29) is 11.8 Å². The standard InChI is InChI=1S/C29H37F3N2O/c1-4-23-17-25(11-12-26(23)18-34-14-5-15-34)21(3)33-35-19-22-8-13-27(28(16-22)29(30,31)32)24-9-6-20(2)7-10-24/h8,11-13,16-17,20,24H,4-7,9-10,14-15,18-19H2,1-3H3/b33-21+/i6D2,7D2,9D2,10D2,19D2,20D,24D. The van der Waals surface area contributed by atoms with E-state index in [0.29, 0.717) is 24.6 Å². The highest BCUT2D eigenvalue weighted by atomic mass is 19.4. The maximum atomic E-state index is 14.6. The molecule has 2 aromatic carbocycles. The molecule has 3 nitrogen and oxygen atoms in total. The molecule has 0 amide bonds. The van der Waals surface area contributed by atoms with Gasteiger partial charge in [-0.15, -0.1) is 0 Å². The zero-order valence-corrected chi connectivity index (χ0v) is 19.9. The third-order valence-electron chi connectivity index (χ3n) is 6.04. The van der Waals surface area contributed by atoms with Gasteiger partial charge in [0, 0.05) is 20.3 Å². The van der Waals surface area contributed by atoms with Gasteiger partial charge in [-0.1, -0.05) is 56.0 Å². The van der Waals surface area contributed by atoms with Crippen LogP contribution in [0.2, 0.25) is 0 Å². The fourth-order valence-corrected chi connectivity index (χ4v) is 3.88. The highest BCUT2D eigenvalue weighted by Crippen LogP contribution is 2.42. The normalized spacial score (nSPS) is 37.0. The Hall–Kier alpha value is -2.34. The first kappa shape index (κ1) is 14.4. The summed E-state index contributed by atoms with van der Waals surface area (Å²) in [6, 6.07) is 6.92. The first-order valence-corrected chi connectivity index (χ1v) is 11.5. The Labute approximate surface area is 224 Å². The van der Waals surface area contributed by atoms with Crippen LogP contribution in [0.1, 0.15) is 108 Å². The summed E-state index contributed by atoms with van der Waals surface area (Å²) >= 11 is 0. The minimum absolute atomic E-state index is 0.196. The molecule has 0 spiro atoms. The number of nitrogens with zero attached hydrogens (tertiary/aromatic N) is 2. The lowest BCUT2D eigenvalue weighted by atomic mass is 9.78. The molecule has 6 heteroatoms. The molecule has 35 heavy (non-hydrogen) atoms. The molecule has 0 bridgehead atoms. The van der Waals surface area contributed by atoms with Gasteiger partial charge in [-0.25, -0.2) is 0 Å². The molecule has 190 valence electrons. The molecule has 0 unspecified atom stereocenters. The number of oxime groups is 1. The number of aryl methyl sites for hydroxylation is 1. The number of benzene rings is 2. The Bertz CT molecular complexity index is 1530. The fraction of sp³-hybridized carbons (Fsp3) is 0.552. The van der Waals surface area contributed by atoms with Gasteiger partial charge in [0.2, 0.25) is 0 Å². The summed E-state index contributed by atoms with van der Waals surface area (Å²) in [6.07, 6.45) is -18.7. The van der Waals surface area contributed by atoms with Crippen molar-refractivity contribution >= 4 is 5.71 Å². The molecule has 0 atom stereocenters. The first-order valence-electron chi connectivity index (χ1n) is 17.5. The van der Waals surface area contributed by atoms with Crippen LogP contribution in [0.25, 0.3) is 0 Å². The van der Waals surface area contributed by atoms with E-state index in [1.54, 1.807) is 6.07 Å². The van der Waals surface area contributed by atoms with E-state index in [2.05, 4.69) is 10.1 Å². The van der Waals surface area contributed by atoms with Crippen LogP contribution in [0.5, 0.6) is 0 Å². The van der Waals surface area contributed by atoms with Crippen molar-refractivity contribution in [1.82, 2.24) is 4.90 Å². The maximum Gasteiger partial charge on any atom is 0.416 e. The highest BCUT2D eigenvalue weighted by Gasteiger charge is 2.36. The second kappa shape index (κ2) is 11.2. The quantitative estimate of drug-likeness (QED) is 0.275. The van der Waals surface area contributed by atoms with Gasteiger partial charge in [0.15, 0.2) is 0 Å². The summed E-state index contributed by atoms with van der Waals surface area (Å²) in [5.74, 6) is -7.08. The molecule has 2 aromatic rings. The molecule has 2 aliphatic rings. The Balaban J connectivity index is 1.76. The molecule has 1 aliphatic carbocycles. The van der Waals surface area contributed by atoms with Crippen LogP contribution in [0.3, 0.4) is 0 Å². The van der Waals surface area contributed by atoms with Gasteiger partial charge in [-0.05, 0) is 97.3 Å². The number of hydrogen-bond acceptors (Lipinski definition) is 3. The number of rotatable bonds is 8. The lowest BCUT2D eigenvalue weighted by Gasteiger charge is -2.31. The Morgan fingerprint density at radius 2 is 1.89 bits per heavy atom. The van der Waals surface area contributed by atoms with Crippen molar-refractivity contribution in [1.29, 1.82) is 0 Å². The number of likely N-dealkylation sites (tertiary alicyclic amines) is 1. The van der Waals surface area contributed by atoms with Gasteiger partial charge in [-0.3, -0.25) is 4.90 Å². The van der Waals surface area contributed by atoms with Crippen molar-refractivity contribution in [2.24, 2.45) is 11.0 Å². The minimum atomic E-state index is -5.46. The van der Waals surface area contributed by atoms with Crippen molar-refractivity contribution in [3.8, 4) is 0 Å². The predicted molar refractivity (Wildman–Crippen MR) is 135 cm³/mol. The van der Waals surface area contributed by atoms with Gasteiger partial charge in [0.25, 0.3) is 0 Å². The Morgan fingerprint density at radius 3 is 2.51 bits per heavy atom. The van der Waals surface area contributed by atoms with E-state index in [1.165, 1.54) is 6.92 Å². The van der Waals surface area contributed by atoms with E-state index in [9.17, 15) is 13.2 Å². The molecule has 0 radical (unpaired) electrons. The van der Waals surface area contributed by atoms with Crippen LogP contribution < -0.4 is 0 Å². The van der Waals surface area contributed by atoms with Crippen molar-refractivity contribution in [3.63, 3.8) is 0 Å². The monoisotopic (exact) mass is 498 g/mol. The largest absolute Gasteiger partial charge is 0.416 e. The molecular weight excluding hydrogens is 449 g/mol. The molecule has 0 N–H and O–H groups in total. The van der Waals surface area contributed by atoms with E-state index in [1.807, 2.05) is 19.1 Å². The van der Waals surface area contributed by atoms with Crippen LogP contribution in [0, 0.1) is 5.89 Å². The van der Waals surface area contributed by atoms with Crippen LogP contribution in [-0.2, 0) is 30.5 Å². The second-order valence-electron chi connectivity index (χ2n) is 8.59. The van der Waals surface area contributed by atoms with Gasteiger partial charge < -0.3 is 4.84 Å². The zero-order valence-electron chi connectivity index (χ0n) is 31.9. The van der Waals surface area contributed by atoms with E-state index in [0.717, 1.165) is 43.6 Å². The summed E-state index contributed by atoms with van der Waals surface area (Å²) in [6.45, 7) is 3.91. The van der Waals surface area contributed by atoms with Crippen molar-refractivity contribution < 1.29 is 34.5 Å². The van der Waals surface area contributed by atoms with E-state index in [4.69, 9.17) is 21.3 Å². The number of hydrogen-bond donors (Lipinski definition) is 0. The summed E-state index contributed by atoms with van der Waals surface area (Å²) in [5.41, 5.74) is -1.14. The summed E-state index contributed by atoms with van der Waals surface area (Å²) in [7, 11) is 0. The number of alkyl halides is 3. The number of halogens is 3. The van der Waals surface area contributed by atoms with Gasteiger partial charge >= 0.3 is 6.18 Å². The summed E-state index contributed by atoms with van der Waals surface area (Å²) in [4.78, 5) is 7.38.